The Bertz CT molecular complexity index is 1040. The highest BCUT2D eigenvalue weighted by Gasteiger charge is 2.26. The summed E-state index contributed by atoms with van der Waals surface area (Å²) in [5.74, 6) is -0.364. The number of aromatic nitrogens is 2. The van der Waals surface area contributed by atoms with Crippen LogP contribution in [0.15, 0.2) is 34.8 Å². The Morgan fingerprint density at radius 3 is 2.63 bits per heavy atom. The SMILES string of the molecule is CCOC(=O)c1[nH]nc2c1CCc1ccc(-c3cc(Cl)c(Br)c(Cl)c3)cc1-2. The van der Waals surface area contributed by atoms with E-state index < -0.39 is 0 Å². The molecule has 27 heavy (non-hydrogen) atoms. The first kappa shape index (κ1) is 18.5. The van der Waals surface area contributed by atoms with Crippen LogP contribution in [0.1, 0.15) is 28.5 Å². The van der Waals surface area contributed by atoms with Crippen LogP contribution in [0, 0.1) is 0 Å². The summed E-state index contributed by atoms with van der Waals surface area (Å²) in [6.45, 7) is 2.12. The van der Waals surface area contributed by atoms with E-state index in [9.17, 15) is 4.79 Å². The van der Waals surface area contributed by atoms with E-state index in [0.717, 1.165) is 40.8 Å². The average molecular weight is 466 g/mol. The molecular formula is C20H15BrCl2N2O2. The number of nitrogens with one attached hydrogen (secondary N) is 1. The number of carbonyl (C=O) groups excluding carboxylic acids is 1. The van der Waals surface area contributed by atoms with E-state index in [1.807, 2.05) is 12.1 Å². The van der Waals surface area contributed by atoms with Crippen molar-refractivity contribution < 1.29 is 9.53 Å². The van der Waals surface area contributed by atoms with Crippen LogP contribution < -0.4 is 0 Å². The van der Waals surface area contributed by atoms with Crippen molar-refractivity contribution in [1.82, 2.24) is 10.2 Å². The topological polar surface area (TPSA) is 55.0 Å². The van der Waals surface area contributed by atoms with Crippen molar-refractivity contribution in [2.24, 2.45) is 0 Å². The third kappa shape index (κ3) is 3.28. The monoisotopic (exact) mass is 464 g/mol. The Kier molecular flexibility index (Phi) is 5.01. The fourth-order valence-corrected chi connectivity index (χ4v) is 4.10. The third-order valence-electron chi connectivity index (χ3n) is 4.67. The Morgan fingerprint density at radius 1 is 1.19 bits per heavy atom. The van der Waals surface area contributed by atoms with Crippen LogP contribution in [0.25, 0.3) is 22.4 Å². The lowest BCUT2D eigenvalue weighted by atomic mass is 9.87. The Balaban J connectivity index is 1.80. The second-order valence-electron chi connectivity index (χ2n) is 6.27. The van der Waals surface area contributed by atoms with Gasteiger partial charge in [0.2, 0.25) is 0 Å². The Morgan fingerprint density at radius 2 is 1.93 bits per heavy atom. The lowest BCUT2D eigenvalue weighted by Crippen LogP contribution is -2.10. The number of nitrogens with zero attached hydrogens (tertiary/aromatic N) is 1. The number of benzene rings is 2. The molecule has 1 aliphatic rings. The molecule has 0 bridgehead atoms. The van der Waals surface area contributed by atoms with Crippen LogP contribution in [0.4, 0.5) is 0 Å². The van der Waals surface area contributed by atoms with Crippen LogP contribution in [-0.2, 0) is 17.6 Å². The molecule has 2 aromatic carbocycles. The number of aromatic amines is 1. The molecule has 4 rings (SSSR count). The molecule has 0 radical (unpaired) electrons. The number of hydrogen-bond acceptors (Lipinski definition) is 3. The molecule has 3 aromatic rings. The number of rotatable bonds is 3. The third-order valence-corrected chi connectivity index (χ3v) is 6.58. The highest BCUT2D eigenvalue weighted by atomic mass is 79.9. The van der Waals surface area contributed by atoms with Gasteiger partial charge in [0.05, 0.1) is 26.8 Å². The maximum Gasteiger partial charge on any atom is 0.356 e. The van der Waals surface area contributed by atoms with Crippen LogP contribution in [-0.4, -0.2) is 22.8 Å². The minimum Gasteiger partial charge on any atom is -0.461 e. The zero-order valence-corrected chi connectivity index (χ0v) is 17.5. The quantitative estimate of drug-likeness (QED) is 0.376. The molecule has 1 aromatic heterocycles. The van der Waals surface area contributed by atoms with Crippen LogP contribution in [0.3, 0.4) is 0 Å². The van der Waals surface area contributed by atoms with Gasteiger partial charge in [-0.3, -0.25) is 5.10 Å². The van der Waals surface area contributed by atoms with Crippen LogP contribution in [0.5, 0.6) is 0 Å². The van der Waals surface area contributed by atoms with Crippen molar-refractivity contribution in [1.29, 1.82) is 0 Å². The summed E-state index contributed by atoms with van der Waals surface area (Å²) in [6.07, 6.45) is 1.60. The molecule has 1 N–H and O–H groups in total. The number of fused-ring (bicyclic) bond motifs is 3. The number of hydrogen-bond donors (Lipinski definition) is 1. The van der Waals surface area contributed by atoms with Crippen LogP contribution >= 0.6 is 39.1 Å². The fourth-order valence-electron chi connectivity index (χ4n) is 3.38. The van der Waals surface area contributed by atoms with Crippen LogP contribution in [0.2, 0.25) is 10.0 Å². The van der Waals surface area contributed by atoms with E-state index in [4.69, 9.17) is 27.9 Å². The summed E-state index contributed by atoms with van der Waals surface area (Å²) in [5, 5.41) is 8.37. The number of aryl methyl sites for hydroxylation is 1. The summed E-state index contributed by atoms with van der Waals surface area (Å²) in [7, 11) is 0. The molecule has 7 heteroatoms. The van der Waals surface area contributed by atoms with Crippen molar-refractivity contribution in [2.75, 3.05) is 6.61 Å². The van der Waals surface area contributed by atoms with E-state index >= 15 is 0 Å². The van der Waals surface area contributed by atoms with Gasteiger partial charge in [-0.15, -0.1) is 0 Å². The minimum atomic E-state index is -0.364. The molecule has 1 aliphatic carbocycles. The highest BCUT2D eigenvalue weighted by Crippen LogP contribution is 2.39. The molecule has 0 amide bonds. The van der Waals surface area contributed by atoms with Gasteiger partial charge in [-0.25, -0.2) is 4.79 Å². The number of carbonyl (C=O) groups is 1. The molecule has 1 heterocycles. The van der Waals surface area contributed by atoms with Gasteiger partial charge >= 0.3 is 5.97 Å². The minimum absolute atomic E-state index is 0.332. The van der Waals surface area contributed by atoms with E-state index in [1.165, 1.54) is 5.56 Å². The second-order valence-corrected chi connectivity index (χ2v) is 7.88. The Labute approximate surface area is 175 Å². The molecule has 0 saturated carbocycles. The first-order valence-electron chi connectivity index (χ1n) is 8.52. The summed E-state index contributed by atoms with van der Waals surface area (Å²) in [5.41, 5.74) is 6.26. The predicted octanol–water partition coefficient (Wildman–Crippen LogP) is 6.09. The van der Waals surface area contributed by atoms with Gasteiger partial charge in [0.1, 0.15) is 5.69 Å². The number of ether oxygens (including phenoxy) is 1. The lowest BCUT2D eigenvalue weighted by molar-refractivity contribution is 0.0518. The summed E-state index contributed by atoms with van der Waals surface area (Å²) < 4.78 is 5.81. The molecule has 0 fully saturated rings. The molecule has 0 saturated heterocycles. The van der Waals surface area contributed by atoms with Gasteiger partial charge in [-0.1, -0.05) is 35.3 Å². The smallest absolute Gasteiger partial charge is 0.356 e. The van der Waals surface area contributed by atoms with Crippen molar-refractivity contribution >= 4 is 45.1 Å². The number of halogens is 3. The normalized spacial score (nSPS) is 12.4. The van der Waals surface area contributed by atoms with Crippen molar-refractivity contribution in [3.63, 3.8) is 0 Å². The largest absolute Gasteiger partial charge is 0.461 e. The molecule has 0 unspecified atom stereocenters. The number of esters is 1. The van der Waals surface area contributed by atoms with Gasteiger partial charge < -0.3 is 4.74 Å². The van der Waals surface area contributed by atoms with E-state index in [-0.39, 0.29) is 5.97 Å². The van der Waals surface area contributed by atoms with Gasteiger partial charge in [0.25, 0.3) is 0 Å². The molecule has 0 spiro atoms. The second kappa shape index (κ2) is 7.30. The molecule has 4 nitrogen and oxygen atoms in total. The maximum absolute atomic E-state index is 12.2. The Hall–Kier alpha value is -1.82. The molecule has 0 atom stereocenters. The number of H-pyrrole nitrogens is 1. The summed E-state index contributed by atoms with van der Waals surface area (Å²) in [4.78, 5) is 12.2. The predicted molar refractivity (Wildman–Crippen MR) is 111 cm³/mol. The van der Waals surface area contributed by atoms with Gasteiger partial charge in [0.15, 0.2) is 0 Å². The lowest BCUT2D eigenvalue weighted by Gasteiger charge is -2.17. The van der Waals surface area contributed by atoms with Crippen molar-refractivity contribution in [3.8, 4) is 22.4 Å². The summed E-state index contributed by atoms with van der Waals surface area (Å²) >= 11 is 15.9. The zero-order valence-electron chi connectivity index (χ0n) is 14.4. The maximum atomic E-state index is 12.2. The average Bonchev–Trinajstić information content (AvgIpc) is 3.10. The fraction of sp³-hybridized carbons (Fsp3) is 0.200. The highest BCUT2D eigenvalue weighted by molar-refractivity contribution is 9.10. The van der Waals surface area contributed by atoms with E-state index in [2.05, 4.69) is 44.3 Å². The van der Waals surface area contributed by atoms with Gasteiger partial charge in [-0.2, -0.15) is 5.10 Å². The molecular weight excluding hydrogens is 451 g/mol. The van der Waals surface area contributed by atoms with Gasteiger partial charge in [0, 0.05) is 11.1 Å². The summed E-state index contributed by atoms with van der Waals surface area (Å²) in [6, 6.07) is 9.96. The molecule has 138 valence electrons. The first-order chi connectivity index (χ1) is 13.0. The standard InChI is InChI=1S/C20H15BrCl2N2O2/c1-2-27-20(26)19-13-6-5-10-3-4-11(7-14(10)18(13)24-25-19)12-8-15(22)17(21)16(23)9-12/h3-4,7-9H,2,5-6H2,1H3,(H,24,25). The van der Waals surface area contributed by atoms with Crippen molar-refractivity contribution in [2.45, 2.75) is 19.8 Å². The zero-order chi connectivity index (χ0) is 19.1. The van der Waals surface area contributed by atoms with Gasteiger partial charge in [-0.05, 0) is 70.6 Å². The first-order valence-corrected chi connectivity index (χ1v) is 10.1. The molecule has 0 aliphatic heterocycles. The van der Waals surface area contributed by atoms with E-state index in [0.29, 0.717) is 26.8 Å². The van der Waals surface area contributed by atoms with Crippen molar-refractivity contribution in [3.05, 3.63) is 61.7 Å². The van der Waals surface area contributed by atoms with E-state index in [1.54, 1.807) is 6.92 Å².